The van der Waals surface area contributed by atoms with Crippen LogP contribution in [0.1, 0.15) is 20.8 Å². The van der Waals surface area contributed by atoms with Crippen LogP contribution < -0.4 is 5.32 Å². The molecule has 0 radical (unpaired) electrons. The van der Waals surface area contributed by atoms with E-state index in [4.69, 9.17) is 0 Å². The third-order valence-electron chi connectivity index (χ3n) is 2.05. The molecule has 0 amide bonds. The minimum Gasteiger partial charge on any atom is -0.312 e. The fourth-order valence-corrected chi connectivity index (χ4v) is 1.07. The topological polar surface area (TPSA) is 46.2 Å². The van der Waals surface area contributed by atoms with Gasteiger partial charge in [0.05, 0.1) is 4.75 Å². The van der Waals surface area contributed by atoms with E-state index >= 15 is 0 Å². The van der Waals surface area contributed by atoms with E-state index in [1.165, 1.54) is 6.26 Å². The van der Waals surface area contributed by atoms with Crippen molar-refractivity contribution in [3.05, 3.63) is 12.2 Å². The summed E-state index contributed by atoms with van der Waals surface area (Å²) in [6.45, 7) is 6.59. The van der Waals surface area contributed by atoms with Gasteiger partial charge >= 0.3 is 0 Å². The van der Waals surface area contributed by atoms with Gasteiger partial charge in [0.15, 0.2) is 9.84 Å². The van der Waals surface area contributed by atoms with E-state index in [1.54, 1.807) is 13.8 Å². The highest BCUT2D eigenvalue weighted by molar-refractivity contribution is 7.92. The van der Waals surface area contributed by atoms with Gasteiger partial charge in [-0.2, -0.15) is 0 Å². The first-order chi connectivity index (χ1) is 5.81. The summed E-state index contributed by atoms with van der Waals surface area (Å²) < 4.78 is 21.8. The molecule has 0 atom stereocenters. The first-order valence-corrected chi connectivity index (χ1v) is 6.22. The Morgan fingerprint density at radius 1 is 1.38 bits per heavy atom. The molecule has 13 heavy (non-hydrogen) atoms. The monoisotopic (exact) mass is 205 g/mol. The average Bonchev–Trinajstić information content (AvgIpc) is 1.96. The molecule has 0 saturated heterocycles. The van der Waals surface area contributed by atoms with E-state index in [1.807, 2.05) is 19.1 Å². The summed E-state index contributed by atoms with van der Waals surface area (Å²) in [5, 5.41) is 3.07. The van der Waals surface area contributed by atoms with Gasteiger partial charge < -0.3 is 5.32 Å². The summed E-state index contributed by atoms with van der Waals surface area (Å²) in [5.74, 6) is 0. The molecular formula is C9H19NO2S. The Kier molecular flexibility index (Phi) is 4.64. The third kappa shape index (κ3) is 4.43. The van der Waals surface area contributed by atoms with Gasteiger partial charge in [-0.05, 0) is 20.8 Å². The normalized spacial score (nSPS) is 13.8. The number of hydrogen-bond donors (Lipinski definition) is 1. The molecule has 0 spiro atoms. The maximum atomic E-state index is 11.3. The quantitative estimate of drug-likeness (QED) is 0.537. The maximum absolute atomic E-state index is 11.3. The van der Waals surface area contributed by atoms with Gasteiger partial charge in [0, 0.05) is 19.3 Å². The van der Waals surface area contributed by atoms with E-state index in [-0.39, 0.29) is 0 Å². The van der Waals surface area contributed by atoms with Gasteiger partial charge in [0.2, 0.25) is 0 Å². The van der Waals surface area contributed by atoms with Crippen LogP contribution >= 0.6 is 0 Å². The number of rotatable bonds is 5. The van der Waals surface area contributed by atoms with Crippen molar-refractivity contribution in [2.24, 2.45) is 0 Å². The number of hydrogen-bond acceptors (Lipinski definition) is 3. The molecule has 1 N–H and O–H groups in total. The first kappa shape index (κ1) is 12.7. The summed E-state index contributed by atoms with van der Waals surface area (Å²) in [6.07, 6.45) is 5.16. The summed E-state index contributed by atoms with van der Waals surface area (Å²) in [5.41, 5.74) is 0. The van der Waals surface area contributed by atoms with Crippen LogP contribution in [0.15, 0.2) is 12.2 Å². The first-order valence-electron chi connectivity index (χ1n) is 4.33. The van der Waals surface area contributed by atoms with Crippen molar-refractivity contribution in [2.75, 3.05) is 19.3 Å². The minimum atomic E-state index is -2.98. The third-order valence-corrected chi connectivity index (χ3v) is 4.20. The van der Waals surface area contributed by atoms with Crippen LogP contribution in [0, 0.1) is 0 Å². The lowest BCUT2D eigenvalue weighted by atomic mass is 10.2. The highest BCUT2D eigenvalue weighted by Crippen LogP contribution is 2.12. The predicted molar refractivity (Wildman–Crippen MR) is 56.6 cm³/mol. The Bertz CT molecular complexity index is 265. The Morgan fingerprint density at radius 2 is 1.92 bits per heavy atom. The van der Waals surface area contributed by atoms with Gasteiger partial charge in [0.25, 0.3) is 0 Å². The summed E-state index contributed by atoms with van der Waals surface area (Å²) in [7, 11) is -2.98. The minimum absolute atomic E-state index is 0.482. The van der Waals surface area contributed by atoms with E-state index in [0.717, 1.165) is 6.54 Å². The number of nitrogens with one attached hydrogen (secondary N) is 1. The van der Waals surface area contributed by atoms with Crippen molar-refractivity contribution in [1.29, 1.82) is 0 Å². The van der Waals surface area contributed by atoms with Gasteiger partial charge in [-0.1, -0.05) is 12.2 Å². The zero-order valence-electron chi connectivity index (χ0n) is 8.79. The summed E-state index contributed by atoms with van der Waals surface area (Å²) >= 11 is 0. The van der Waals surface area contributed by atoms with Crippen LogP contribution in [-0.4, -0.2) is 32.5 Å². The van der Waals surface area contributed by atoms with Crippen molar-refractivity contribution in [3.63, 3.8) is 0 Å². The molecule has 4 heteroatoms. The second-order valence-electron chi connectivity index (χ2n) is 3.73. The Morgan fingerprint density at radius 3 is 2.31 bits per heavy atom. The highest BCUT2D eigenvalue weighted by atomic mass is 32.2. The molecule has 0 bridgehead atoms. The molecule has 3 nitrogen and oxygen atoms in total. The fourth-order valence-electron chi connectivity index (χ4n) is 0.705. The van der Waals surface area contributed by atoms with Crippen LogP contribution in [0.2, 0.25) is 0 Å². The second kappa shape index (κ2) is 4.77. The fraction of sp³-hybridized carbons (Fsp3) is 0.778. The Hall–Kier alpha value is -0.350. The van der Waals surface area contributed by atoms with Crippen LogP contribution in [0.5, 0.6) is 0 Å². The van der Waals surface area contributed by atoms with Crippen molar-refractivity contribution >= 4 is 9.84 Å². The molecule has 78 valence electrons. The molecule has 0 saturated carbocycles. The maximum Gasteiger partial charge on any atom is 0.153 e. The molecule has 0 fully saturated rings. The second-order valence-corrected chi connectivity index (χ2v) is 6.38. The zero-order chi connectivity index (χ0) is 10.5. The molecule has 0 aliphatic rings. The largest absolute Gasteiger partial charge is 0.312 e. The summed E-state index contributed by atoms with van der Waals surface area (Å²) in [4.78, 5) is 0. The van der Waals surface area contributed by atoms with E-state index < -0.39 is 14.6 Å². The van der Waals surface area contributed by atoms with Crippen molar-refractivity contribution < 1.29 is 8.42 Å². The van der Waals surface area contributed by atoms with Crippen molar-refractivity contribution in [1.82, 2.24) is 5.32 Å². The predicted octanol–water partition coefficient (Wildman–Crippen LogP) is 0.975. The lowest BCUT2D eigenvalue weighted by Crippen LogP contribution is -2.41. The number of sulfone groups is 1. The van der Waals surface area contributed by atoms with Gasteiger partial charge in [-0.3, -0.25) is 0 Å². The van der Waals surface area contributed by atoms with E-state index in [2.05, 4.69) is 5.32 Å². The van der Waals surface area contributed by atoms with Gasteiger partial charge in [-0.15, -0.1) is 0 Å². The zero-order valence-corrected chi connectivity index (χ0v) is 9.61. The molecule has 0 aromatic rings. The molecule has 0 aromatic heterocycles. The standard InChI is InChI=1S/C9H19NO2S/c1-5-6-7-10-8-9(2,3)13(4,11)12/h5-6,10H,7-8H2,1-4H3/b6-5+. The van der Waals surface area contributed by atoms with Crippen LogP contribution in [0.3, 0.4) is 0 Å². The molecule has 0 aromatic carbocycles. The molecular weight excluding hydrogens is 186 g/mol. The molecule has 0 aliphatic carbocycles. The van der Waals surface area contributed by atoms with Gasteiger partial charge in [-0.25, -0.2) is 8.42 Å². The van der Waals surface area contributed by atoms with Crippen molar-refractivity contribution in [2.45, 2.75) is 25.5 Å². The average molecular weight is 205 g/mol. The van der Waals surface area contributed by atoms with E-state index in [0.29, 0.717) is 6.54 Å². The van der Waals surface area contributed by atoms with E-state index in [9.17, 15) is 8.42 Å². The van der Waals surface area contributed by atoms with Gasteiger partial charge in [0.1, 0.15) is 0 Å². The van der Waals surface area contributed by atoms with Crippen LogP contribution in [0.25, 0.3) is 0 Å². The molecule has 0 unspecified atom stereocenters. The molecule has 0 aliphatic heterocycles. The number of allylic oxidation sites excluding steroid dienone is 1. The SMILES string of the molecule is C/C=C/CNCC(C)(C)S(C)(=O)=O. The van der Waals surface area contributed by atoms with Crippen LogP contribution in [0.4, 0.5) is 0 Å². The lowest BCUT2D eigenvalue weighted by Gasteiger charge is -2.22. The molecule has 0 heterocycles. The highest BCUT2D eigenvalue weighted by Gasteiger charge is 2.29. The van der Waals surface area contributed by atoms with Crippen LogP contribution in [-0.2, 0) is 9.84 Å². The van der Waals surface area contributed by atoms with Crippen molar-refractivity contribution in [3.8, 4) is 0 Å². The smallest absolute Gasteiger partial charge is 0.153 e. The molecule has 0 rings (SSSR count). The Balaban J connectivity index is 4.05. The summed E-state index contributed by atoms with van der Waals surface area (Å²) in [6, 6.07) is 0. The lowest BCUT2D eigenvalue weighted by molar-refractivity contribution is 0.531. The Labute approximate surface area is 81.1 Å².